The van der Waals surface area contributed by atoms with Gasteiger partial charge in [0.2, 0.25) is 0 Å². The predicted molar refractivity (Wildman–Crippen MR) is 84.7 cm³/mol. The Morgan fingerprint density at radius 1 is 1.59 bits per heavy atom. The molecule has 0 spiro atoms. The molecule has 1 saturated heterocycles. The van der Waals surface area contributed by atoms with Crippen LogP contribution in [0.2, 0.25) is 0 Å². The molecule has 3 N–H and O–H groups in total. The van der Waals surface area contributed by atoms with Crippen LogP contribution in [0.4, 0.5) is 4.39 Å². The lowest BCUT2D eigenvalue weighted by molar-refractivity contribution is 0.267. The first-order chi connectivity index (χ1) is 10.6. The van der Waals surface area contributed by atoms with Gasteiger partial charge in [-0.25, -0.2) is 9.38 Å². The Morgan fingerprint density at radius 2 is 2.41 bits per heavy atom. The predicted octanol–water partition coefficient (Wildman–Crippen LogP) is 1.59. The van der Waals surface area contributed by atoms with Crippen molar-refractivity contribution in [1.82, 2.24) is 10.2 Å². The third-order valence-corrected chi connectivity index (χ3v) is 4.03. The van der Waals surface area contributed by atoms with Gasteiger partial charge in [0.25, 0.3) is 0 Å². The Kier molecular flexibility index (Phi) is 5.73. The van der Waals surface area contributed by atoms with Gasteiger partial charge in [-0.15, -0.1) is 0 Å². The third kappa shape index (κ3) is 4.18. The number of guanidine groups is 1. The lowest BCUT2D eigenvalue weighted by Crippen LogP contribution is -2.42. The number of halogens is 1. The van der Waals surface area contributed by atoms with Gasteiger partial charge in [0.15, 0.2) is 5.96 Å². The van der Waals surface area contributed by atoms with Gasteiger partial charge in [-0.1, -0.05) is 13.0 Å². The first kappa shape index (κ1) is 16.2. The summed E-state index contributed by atoms with van der Waals surface area (Å²) >= 11 is 0. The van der Waals surface area contributed by atoms with Crippen LogP contribution in [0.3, 0.4) is 0 Å². The lowest BCUT2D eigenvalue weighted by Gasteiger charge is -2.23. The highest BCUT2D eigenvalue weighted by Gasteiger charge is 2.22. The van der Waals surface area contributed by atoms with E-state index >= 15 is 0 Å². The molecular formula is C16H22FN5. The standard InChI is InChI=1S/C16H22FN5/c1-2-22-7-3-4-14(22)11-21-16(19)20-10-13-6-5-12(9-18)8-15(13)17/h5-6,8,14H,2-4,7,10-11H2,1H3,(H3,19,20,21). The van der Waals surface area contributed by atoms with Crippen molar-refractivity contribution in [2.24, 2.45) is 10.7 Å². The van der Waals surface area contributed by atoms with Crippen LogP contribution >= 0.6 is 0 Å². The van der Waals surface area contributed by atoms with Crippen molar-refractivity contribution in [3.63, 3.8) is 0 Å². The summed E-state index contributed by atoms with van der Waals surface area (Å²) in [6.07, 6.45) is 2.38. The molecule has 1 unspecified atom stereocenters. The van der Waals surface area contributed by atoms with Crippen LogP contribution in [0, 0.1) is 17.1 Å². The molecule has 0 amide bonds. The van der Waals surface area contributed by atoms with Gasteiger partial charge in [-0.2, -0.15) is 5.26 Å². The van der Waals surface area contributed by atoms with Gasteiger partial charge in [0.1, 0.15) is 5.82 Å². The zero-order valence-electron chi connectivity index (χ0n) is 12.8. The average Bonchev–Trinajstić information content (AvgIpc) is 2.99. The Hall–Kier alpha value is -2.13. The van der Waals surface area contributed by atoms with Crippen LogP contribution in [0.5, 0.6) is 0 Å². The molecule has 1 atom stereocenters. The third-order valence-electron chi connectivity index (χ3n) is 4.03. The van der Waals surface area contributed by atoms with E-state index in [1.807, 2.05) is 6.07 Å². The highest BCUT2D eigenvalue weighted by molar-refractivity contribution is 5.77. The molecular weight excluding hydrogens is 281 g/mol. The van der Waals surface area contributed by atoms with Crippen molar-refractivity contribution in [3.05, 3.63) is 35.1 Å². The number of hydrogen-bond donors (Lipinski definition) is 2. The molecule has 6 heteroatoms. The van der Waals surface area contributed by atoms with Gasteiger partial charge < -0.3 is 11.1 Å². The van der Waals surface area contributed by atoms with Gasteiger partial charge in [-0.3, -0.25) is 4.90 Å². The Labute approximate surface area is 130 Å². The van der Waals surface area contributed by atoms with Crippen molar-refractivity contribution >= 4 is 5.96 Å². The molecule has 0 radical (unpaired) electrons. The van der Waals surface area contributed by atoms with Crippen molar-refractivity contribution in [2.75, 3.05) is 19.6 Å². The minimum Gasteiger partial charge on any atom is -0.370 e. The van der Waals surface area contributed by atoms with E-state index in [2.05, 4.69) is 22.1 Å². The summed E-state index contributed by atoms with van der Waals surface area (Å²) in [7, 11) is 0. The summed E-state index contributed by atoms with van der Waals surface area (Å²) in [5.74, 6) is -0.102. The minimum atomic E-state index is -0.427. The monoisotopic (exact) mass is 303 g/mol. The van der Waals surface area contributed by atoms with Gasteiger partial charge in [-0.05, 0) is 38.1 Å². The van der Waals surface area contributed by atoms with Crippen molar-refractivity contribution in [2.45, 2.75) is 32.4 Å². The molecule has 0 bridgehead atoms. The Balaban J connectivity index is 1.86. The molecule has 1 heterocycles. The van der Waals surface area contributed by atoms with Crippen LogP contribution in [0.15, 0.2) is 23.2 Å². The summed E-state index contributed by atoms with van der Waals surface area (Å²) in [5, 5.41) is 11.8. The molecule has 5 nitrogen and oxygen atoms in total. The summed E-state index contributed by atoms with van der Waals surface area (Å²) in [5.41, 5.74) is 6.57. The highest BCUT2D eigenvalue weighted by Crippen LogP contribution is 2.15. The molecule has 0 aliphatic carbocycles. The SMILES string of the molecule is CCN1CCCC1CNC(N)=NCc1ccc(C#N)cc1F. The van der Waals surface area contributed by atoms with Gasteiger partial charge in [0.05, 0.1) is 18.2 Å². The second-order valence-electron chi connectivity index (χ2n) is 5.43. The molecule has 0 aromatic heterocycles. The van der Waals surface area contributed by atoms with Gasteiger partial charge >= 0.3 is 0 Å². The van der Waals surface area contributed by atoms with Crippen LogP contribution < -0.4 is 11.1 Å². The molecule has 1 aliphatic heterocycles. The second-order valence-corrected chi connectivity index (χ2v) is 5.43. The highest BCUT2D eigenvalue weighted by atomic mass is 19.1. The summed E-state index contributed by atoms with van der Waals surface area (Å²) < 4.78 is 13.7. The zero-order chi connectivity index (χ0) is 15.9. The lowest BCUT2D eigenvalue weighted by atomic mass is 10.1. The topological polar surface area (TPSA) is 77.4 Å². The summed E-state index contributed by atoms with van der Waals surface area (Å²) in [6, 6.07) is 6.76. The van der Waals surface area contributed by atoms with Crippen molar-refractivity contribution < 1.29 is 4.39 Å². The number of rotatable bonds is 5. The fraction of sp³-hybridized carbons (Fsp3) is 0.500. The van der Waals surface area contributed by atoms with Crippen LogP contribution in [-0.2, 0) is 6.54 Å². The zero-order valence-corrected chi connectivity index (χ0v) is 12.8. The van der Waals surface area contributed by atoms with E-state index in [4.69, 9.17) is 11.0 Å². The number of nitrogens with two attached hydrogens (primary N) is 1. The molecule has 0 saturated carbocycles. The number of nitrogens with zero attached hydrogens (tertiary/aromatic N) is 3. The van der Waals surface area contributed by atoms with E-state index in [0.29, 0.717) is 23.1 Å². The quantitative estimate of drug-likeness (QED) is 0.639. The Bertz CT molecular complexity index is 578. The van der Waals surface area contributed by atoms with E-state index in [-0.39, 0.29) is 6.54 Å². The number of likely N-dealkylation sites (N-methyl/N-ethyl adjacent to an activating group) is 1. The van der Waals surface area contributed by atoms with E-state index in [0.717, 1.165) is 19.6 Å². The van der Waals surface area contributed by atoms with E-state index in [1.165, 1.54) is 18.9 Å². The maximum atomic E-state index is 13.7. The molecule has 118 valence electrons. The number of hydrogen-bond acceptors (Lipinski definition) is 3. The van der Waals surface area contributed by atoms with Crippen molar-refractivity contribution in [3.8, 4) is 6.07 Å². The summed E-state index contributed by atoms with van der Waals surface area (Å²) in [4.78, 5) is 6.58. The fourth-order valence-electron chi connectivity index (χ4n) is 2.74. The van der Waals surface area contributed by atoms with Crippen LogP contribution in [0.1, 0.15) is 30.9 Å². The van der Waals surface area contributed by atoms with Crippen LogP contribution in [-0.4, -0.2) is 36.5 Å². The van der Waals surface area contributed by atoms with E-state index in [9.17, 15) is 4.39 Å². The summed E-state index contributed by atoms with van der Waals surface area (Å²) in [6.45, 7) is 5.26. The van der Waals surface area contributed by atoms with Crippen molar-refractivity contribution in [1.29, 1.82) is 5.26 Å². The molecule has 2 rings (SSSR count). The number of aliphatic imine (C=N–C) groups is 1. The smallest absolute Gasteiger partial charge is 0.188 e. The maximum absolute atomic E-state index is 13.7. The van der Waals surface area contributed by atoms with E-state index in [1.54, 1.807) is 12.1 Å². The Morgan fingerprint density at radius 3 is 3.09 bits per heavy atom. The molecule has 1 fully saturated rings. The fourth-order valence-corrected chi connectivity index (χ4v) is 2.74. The van der Waals surface area contributed by atoms with E-state index < -0.39 is 5.82 Å². The minimum absolute atomic E-state index is 0.165. The van der Waals surface area contributed by atoms with Gasteiger partial charge in [0, 0.05) is 18.2 Å². The maximum Gasteiger partial charge on any atom is 0.188 e. The average molecular weight is 303 g/mol. The number of nitriles is 1. The number of likely N-dealkylation sites (tertiary alicyclic amines) is 1. The molecule has 1 aromatic carbocycles. The molecule has 22 heavy (non-hydrogen) atoms. The van der Waals surface area contributed by atoms with Crippen LogP contribution in [0.25, 0.3) is 0 Å². The number of benzene rings is 1. The molecule has 1 aliphatic rings. The largest absolute Gasteiger partial charge is 0.370 e. The molecule has 1 aromatic rings. The normalized spacial score (nSPS) is 19.1. The first-order valence-electron chi connectivity index (χ1n) is 7.60. The second kappa shape index (κ2) is 7.76. The first-order valence-corrected chi connectivity index (χ1v) is 7.60. The number of nitrogens with one attached hydrogen (secondary N) is 1.